The van der Waals surface area contributed by atoms with Crippen LogP contribution in [0.4, 0.5) is 5.82 Å². The Hall–Kier alpha value is -0.680. The monoisotopic (exact) mass is 259 g/mol. The lowest BCUT2D eigenvalue weighted by Crippen LogP contribution is -2.16. The zero-order valence-electron chi connectivity index (χ0n) is 8.33. The average Bonchev–Trinajstić information content (AvgIpc) is 2.15. The molecule has 0 saturated heterocycles. The van der Waals surface area contributed by atoms with Gasteiger partial charge < -0.3 is 10.1 Å². The highest BCUT2D eigenvalue weighted by molar-refractivity contribution is 9.10. The van der Waals surface area contributed by atoms with Crippen molar-refractivity contribution < 1.29 is 4.74 Å². The fourth-order valence-electron chi connectivity index (χ4n) is 1.05. The molecule has 1 aromatic heterocycles. The van der Waals surface area contributed by atoms with E-state index in [9.17, 15) is 0 Å². The predicted octanol–water partition coefficient (Wildman–Crippen LogP) is 1.93. The van der Waals surface area contributed by atoms with Gasteiger partial charge in [-0.15, -0.1) is 0 Å². The predicted molar refractivity (Wildman–Crippen MR) is 59.3 cm³/mol. The van der Waals surface area contributed by atoms with Crippen LogP contribution >= 0.6 is 15.9 Å². The first kappa shape index (κ1) is 11.4. The Kier molecular flexibility index (Phi) is 4.82. The Labute approximate surface area is 92.2 Å². The first-order valence-corrected chi connectivity index (χ1v) is 5.22. The second-order valence-electron chi connectivity index (χ2n) is 3.17. The Bertz CT molecular complexity index is 283. The normalized spacial score (nSPS) is 12.5. The maximum atomic E-state index is 5.03. The summed E-state index contributed by atoms with van der Waals surface area (Å²) >= 11 is 3.28. The second-order valence-corrected chi connectivity index (χ2v) is 3.98. The van der Waals surface area contributed by atoms with Crippen LogP contribution in [0, 0.1) is 5.92 Å². The molecule has 78 valence electrons. The molecule has 0 spiro atoms. The summed E-state index contributed by atoms with van der Waals surface area (Å²) in [6.07, 6.45) is 1.52. The molecule has 5 heteroatoms. The molecule has 0 aromatic carbocycles. The van der Waals surface area contributed by atoms with E-state index in [-0.39, 0.29) is 0 Å². The molecule has 0 aliphatic heterocycles. The fourth-order valence-corrected chi connectivity index (χ4v) is 1.36. The molecule has 0 amide bonds. The maximum absolute atomic E-state index is 5.03. The van der Waals surface area contributed by atoms with Gasteiger partial charge in [-0.25, -0.2) is 9.97 Å². The molecule has 0 saturated carbocycles. The van der Waals surface area contributed by atoms with Crippen molar-refractivity contribution in [1.82, 2.24) is 9.97 Å². The third kappa shape index (κ3) is 4.02. The number of halogens is 1. The molecular formula is C9H14BrN3O. The number of rotatable bonds is 5. The van der Waals surface area contributed by atoms with E-state index in [2.05, 4.69) is 38.1 Å². The smallest absolute Gasteiger partial charge is 0.130 e. The number of hydrogen-bond donors (Lipinski definition) is 1. The van der Waals surface area contributed by atoms with Crippen molar-refractivity contribution in [2.24, 2.45) is 5.92 Å². The number of nitrogens with one attached hydrogen (secondary N) is 1. The van der Waals surface area contributed by atoms with Crippen LogP contribution in [0.3, 0.4) is 0 Å². The average molecular weight is 260 g/mol. The van der Waals surface area contributed by atoms with Crippen LogP contribution in [0.1, 0.15) is 6.92 Å². The van der Waals surface area contributed by atoms with Gasteiger partial charge in [0, 0.05) is 19.7 Å². The first-order valence-electron chi connectivity index (χ1n) is 4.42. The van der Waals surface area contributed by atoms with Crippen molar-refractivity contribution in [3.8, 4) is 0 Å². The highest BCUT2D eigenvalue weighted by Gasteiger charge is 2.01. The second kappa shape index (κ2) is 5.93. The summed E-state index contributed by atoms with van der Waals surface area (Å²) in [5, 5.41) is 3.21. The Balaban J connectivity index is 2.37. The zero-order valence-corrected chi connectivity index (χ0v) is 9.91. The molecule has 1 N–H and O–H groups in total. The molecular weight excluding hydrogens is 246 g/mol. The van der Waals surface area contributed by atoms with Gasteiger partial charge in [-0.2, -0.15) is 0 Å². The van der Waals surface area contributed by atoms with Crippen LogP contribution in [0.25, 0.3) is 0 Å². The lowest BCUT2D eigenvalue weighted by atomic mass is 10.2. The molecule has 0 aliphatic rings. The molecule has 14 heavy (non-hydrogen) atoms. The molecule has 4 nitrogen and oxygen atoms in total. The van der Waals surface area contributed by atoms with Crippen LogP contribution in [-0.2, 0) is 4.74 Å². The standard InChI is InChI=1S/C9H14BrN3O/c1-7(5-14-2)4-11-9-3-8(10)12-6-13-9/h3,6-7H,4-5H2,1-2H3,(H,11,12,13). The SMILES string of the molecule is COCC(C)CNc1cc(Br)ncn1. The van der Waals surface area contributed by atoms with Crippen molar-refractivity contribution in [3.63, 3.8) is 0 Å². The van der Waals surface area contributed by atoms with Crippen LogP contribution < -0.4 is 5.32 Å². The number of ether oxygens (including phenoxy) is 1. The van der Waals surface area contributed by atoms with Gasteiger partial charge in [0.2, 0.25) is 0 Å². The van der Waals surface area contributed by atoms with Crippen LogP contribution in [-0.4, -0.2) is 30.2 Å². The Morgan fingerprint density at radius 3 is 3.00 bits per heavy atom. The molecule has 1 heterocycles. The lowest BCUT2D eigenvalue weighted by Gasteiger charge is -2.11. The molecule has 0 fully saturated rings. The highest BCUT2D eigenvalue weighted by atomic mass is 79.9. The molecule has 0 aliphatic carbocycles. The molecule has 1 rings (SSSR count). The van der Waals surface area contributed by atoms with Crippen LogP contribution in [0.2, 0.25) is 0 Å². The fraction of sp³-hybridized carbons (Fsp3) is 0.556. The van der Waals surface area contributed by atoms with Gasteiger partial charge in [0.25, 0.3) is 0 Å². The summed E-state index contributed by atoms with van der Waals surface area (Å²) in [5.41, 5.74) is 0. The van der Waals surface area contributed by atoms with Gasteiger partial charge in [0.15, 0.2) is 0 Å². The number of aromatic nitrogens is 2. The molecule has 0 bridgehead atoms. The van der Waals surface area contributed by atoms with Crippen molar-refractivity contribution in [2.75, 3.05) is 25.6 Å². The highest BCUT2D eigenvalue weighted by Crippen LogP contribution is 2.09. The summed E-state index contributed by atoms with van der Waals surface area (Å²) in [6.45, 7) is 3.71. The minimum Gasteiger partial charge on any atom is -0.384 e. The van der Waals surface area contributed by atoms with E-state index < -0.39 is 0 Å². The summed E-state index contributed by atoms with van der Waals surface area (Å²) < 4.78 is 5.82. The van der Waals surface area contributed by atoms with Gasteiger partial charge in [-0.3, -0.25) is 0 Å². The van der Waals surface area contributed by atoms with E-state index in [1.54, 1.807) is 7.11 Å². The van der Waals surface area contributed by atoms with E-state index in [1.165, 1.54) is 6.33 Å². The van der Waals surface area contributed by atoms with E-state index in [4.69, 9.17) is 4.74 Å². The summed E-state index contributed by atoms with van der Waals surface area (Å²) in [7, 11) is 1.71. The molecule has 1 atom stereocenters. The maximum Gasteiger partial charge on any atom is 0.130 e. The largest absolute Gasteiger partial charge is 0.384 e. The number of anilines is 1. The molecule has 0 radical (unpaired) electrons. The third-order valence-corrected chi connectivity index (χ3v) is 2.15. The van der Waals surface area contributed by atoms with Gasteiger partial charge in [0.05, 0.1) is 6.61 Å². The Morgan fingerprint density at radius 2 is 2.36 bits per heavy atom. The minimum atomic E-state index is 0.466. The van der Waals surface area contributed by atoms with Crippen molar-refractivity contribution in [2.45, 2.75) is 6.92 Å². The summed E-state index contributed by atoms with van der Waals surface area (Å²) in [5.74, 6) is 1.29. The van der Waals surface area contributed by atoms with Gasteiger partial charge >= 0.3 is 0 Å². The van der Waals surface area contributed by atoms with Crippen LogP contribution in [0.5, 0.6) is 0 Å². The van der Waals surface area contributed by atoms with Crippen LogP contribution in [0.15, 0.2) is 17.0 Å². The van der Waals surface area contributed by atoms with Crippen molar-refractivity contribution in [3.05, 3.63) is 17.0 Å². The number of methoxy groups -OCH3 is 1. The minimum absolute atomic E-state index is 0.466. The summed E-state index contributed by atoms with van der Waals surface area (Å²) in [4.78, 5) is 8.02. The van der Waals surface area contributed by atoms with Gasteiger partial charge in [0.1, 0.15) is 16.7 Å². The summed E-state index contributed by atoms with van der Waals surface area (Å²) in [6, 6.07) is 1.85. The van der Waals surface area contributed by atoms with E-state index >= 15 is 0 Å². The molecule has 1 unspecified atom stereocenters. The zero-order chi connectivity index (χ0) is 10.4. The topological polar surface area (TPSA) is 47.0 Å². The van der Waals surface area contributed by atoms with E-state index in [0.29, 0.717) is 5.92 Å². The van der Waals surface area contributed by atoms with Gasteiger partial charge in [-0.05, 0) is 21.8 Å². The number of hydrogen-bond acceptors (Lipinski definition) is 4. The van der Waals surface area contributed by atoms with Crippen molar-refractivity contribution in [1.29, 1.82) is 0 Å². The van der Waals surface area contributed by atoms with Crippen molar-refractivity contribution >= 4 is 21.7 Å². The third-order valence-electron chi connectivity index (χ3n) is 1.72. The lowest BCUT2D eigenvalue weighted by molar-refractivity contribution is 0.164. The van der Waals surface area contributed by atoms with Gasteiger partial charge in [-0.1, -0.05) is 6.92 Å². The van der Waals surface area contributed by atoms with E-state index in [1.807, 2.05) is 6.07 Å². The Morgan fingerprint density at radius 1 is 1.57 bits per heavy atom. The molecule has 1 aromatic rings. The van der Waals surface area contributed by atoms with E-state index in [0.717, 1.165) is 23.6 Å². The quantitative estimate of drug-likeness (QED) is 0.822. The first-order chi connectivity index (χ1) is 6.72. The number of nitrogens with zero attached hydrogens (tertiary/aromatic N) is 2.